The molecule has 1 heterocycles. The molecule has 1 aliphatic heterocycles. The minimum Gasteiger partial charge on any atom is -0.494 e. The molecule has 1 aliphatic rings. The minimum absolute atomic E-state index is 0.0993. The maximum Gasteiger partial charge on any atom is 0.338 e. The van der Waals surface area contributed by atoms with Gasteiger partial charge in [-0.25, -0.2) is 9.10 Å². The lowest BCUT2D eigenvalue weighted by molar-refractivity contribution is -0.130. The van der Waals surface area contributed by atoms with E-state index < -0.39 is 5.41 Å². The van der Waals surface area contributed by atoms with Gasteiger partial charge in [-0.3, -0.25) is 4.79 Å². The lowest BCUT2D eigenvalue weighted by Gasteiger charge is -2.33. The van der Waals surface area contributed by atoms with Crippen molar-refractivity contribution in [1.29, 1.82) is 0 Å². The van der Waals surface area contributed by atoms with Crippen LogP contribution in [0.25, 0.3) is 0 Å². The summed E-state index contributed by atoms with van der Waals surface area (Å²) in [6.45, 7) is 8.76. The van der Waals surface area contributed by atoms with E-state index in [9.17, 15) is 9.59 Å². The lowest BCUT2D eigenvalue weighted by Crippen LogP contribution is -2.47. The number of ether oxygens (including phenoxy) is 2. The molecule has 2 aromatic carbocycles. The number of aldehydes is 1. The number of carbonyl (C=O) groups is 3. The highest BCUT2D eigenvalue weighted by atomic mass is 35.5. The minimum atomic E-state index is -0.453. The normalized spacial score (nSPS) is 14.0. The SMILES string of the molecule is CC=O.CNCCOC(=O)c1ccc(SN2CCC(NC(=O)C(C)(C)CCCOc3ccc(Cl)cc3)CC2)cc1. The Morgan fingerprint density at radius 2 is 1.70 bits per heavy atom. The largest absolute Gasteiger partial charge is 0.494 e. The Bertz CT molecular complexity index is 1040. The van der Waals surface area contributed by atoms with E-state index in [0.717, 1.165) is 55.7 Å². The van der Waals surface area contributed by atoms with Crippen molar-refractivity contribution in [1.82, 2.24) is 14.9 Å². The van der Waals surface area contributed by atoms with Gasteiger partial charge in [-0.1, -0.05) is 25.4 Å². The summed E-state index contributed by atoms with van der Waals surface area (Å²) in [6, 6.07) is 15.0. The third kappa shape index (κ3) is 12.3. The van der Waals surface area contributed by atoms with Gasteiger partial charge in [0, 0.05) is 41.0 Å². The number of esters is 1. The summed E-state index contributed by atoms with van der Waals surface area (Å²) in [5.41, 5.74) is 0.103. The van der Waals surface area contributed by atoms with Gasteiger partial charge < -0.3 is 24.9 Å². The molecule has 3 rings (SSSR count). The highest BCUT2D eigenvalue weighted by molar-refractivity contribution is 7.97. The Labute approximate surface area is 247 Å². The summed E-state index contributed by atoms with van der Waals surface area (Å²) >= 11 is 7.59. The predicted molar refractivity (Wildman–Crippen MR) is 161 cm³/mol. The van der Waals surface area contributed by atoms with Crippen molar-refractivity contribution in [2.45, 2.75) is 57.4 Å². The number of carbonyl (C=O) groups excluding carboxylic acids is 3. The summed E-state index contributed by atoms with van der Waals surface area (Å²) < 4.78 is 13.3. The van der Waals surface area contributed by atoms with Crippen molar-refractivity contribution in [3.63, 3.8) is 0 Å². The van der Waals surface area contributed by atoms with Gasteiger partial charge in [0.1, 0.15) is 18.6 Å². The highest BCUT2D eigenvalue weighted by Crippen LogP contribution is 2.28. The number of benzene rings is 2. The van der Waals surface area contributed by atoms with Crippen molar-refractivity contribution < 1.29 is 23.9 Å². The number of likely N-dealkylation sites (N-methyl/N-ethyl adjacent to an activating group) is 1. The fourth-order valence-corrected chi connectivity index (χ4v) is 5.03. The first-order valence-electron chi connectivity index (χ1n) is 13.6. The van der Waals surface area contributed by atoms with Crippen LogP contribution in [-0.2, 0) is 14.3 Å². The number of halogens is 1. The number of amides is 1. The van der Waals surface area contributed by atoms with Crippen LogP contribution < -0.4 is 15.4 Å². The molecule has 8 nitrogen and oxygen atoms in total. The number of hydrogen-bond donors (Lipinski definition) is 2. The fraction of sp³-hybridized carbons (Fsp3) is 0.500. The van der Waals surface area contributed by atoms with Crippen molar-refractivity contribution >= 4 is 41.7 Å². The third-order valence-corrected chi connectivity index (χ3v) is 7.70. The summed E-state index contributed by atoms with van der Waals surface area (Å²) in [7, 11) is 1.82. The molecule has 10 heteroatoms. The molecule has 0 saturated carbocycles. The Hall–Kier alpha value is -2.59. The van der Waals surface area contributed by atoms with Crippen LogP contribution in [0.4, 0.5) is 0 Å². The van der Waals surface area contributed by atoms with Crippen LogP contribution in [-0.4, -0.2) is 68.4 Å². The molecule has 2 aromatic rings. The molecule has 220 valence electrons. The Kier molecular flexibility index (Phi) is 15.1. The van der Waals surface area contributed by atoms with E-state index in [1.54, 1.807) is 36.2 Å². The number of nitrogens with zero attached hydrogens (tertiary/aromatic N) is 1. The molecule has 0 aromatic heterocycles. The van der Waals surface area contributed by atoms with E-state index in [1.807, 2.05) is 45.2 Å². The molecule has 2 N–H and O–H groups in total. The van der Waals surface area contributed by atoms with Crippen molar-refractivity contribution in [2.24, 2.45) is 5.41 Å². The molecule has 0 aliphatic carbocycles. The second kappa shape index (κ2) is 18.0. The van der Waals surface area contributed by atoms with E-state index in [4.69, 9.17) is 25.9 Å². The van der Waals surface area contributed by atoms with Gasteiger partial charge in [0.25, 0.3) is 0 Å². The van der Waals surface area contributed by atoms with Crippen LogP contribution in [0.3, 0.4) is 0 Å². The van der Waals surface area contributed by atoms with Gasteiger partial charge in [0.15, 0.2) is 0 Å². The Morgan fingerprint density at radius 1 is 1.07 bits per heavy atom. The maximum atomic E-state index is 13.0. The summed E-state index contributed by atoms with van der Waals surface area (Å²) in [6.07, 6.45) is 4.11. The molecule has 0 unspecified atom stereocenters. The first kappa shape index (κ1) is 33.6. The number of hydrogen-bond acceptors (Lipinski definition) is 8. The molecular formula is C30H42ClN3O5S. The first-order chi connectivity index (χ1) is 19.2. The molecule has 40 heavy (non-hydrogen) atoms. The smallest absolute Gasteiger partial charge is 0.338 e. The zero-order valence-electron chi connectivity index (χ0n) is 23.9. The zero-order chi connectivity index (χ0) is 29.4. The number of piperidine rings is 1. The van der Waals surface area contributed by atoms with E-state index in [2.05, 4.69) is 14.9 Å². The van der Waals surface area contributed by atoms with Crippen LogP contribution >= 0.6 is 23.5 Å². The van der Waals surface area contributed by atoms with E-state index in [0.29, 0.717) is 30.3 Å². The monoisotopic (exact) mass is 591 g/mol. The van der Waals surface area contributed by atoms with Crippen LogP contribution in [0.5, 0.6) is 5.75 Å². The quantitative estimate of drug-likeness (QED) is 0.138. The van der Waals surface area contributed by atoms with Gasteiger partial charge in [-0.15, -0.1) is 0 Å². The zero-order valence-corrected chi connectivity index (χ0v) is 25.5. The molecule has 1 amide bonds. The van der Waals surface area contributed by atoms with Crippen LogP contribution in [0.1, 0.15) is 56.8 Å². The Morgan fingerprint density at radius 3 is 2.30 bits per heavy atom. The van der Waals surface area contributed by atoms with Gasteiger partial charge in [0.2, 0.25) is 5.91 Å². The molecular weight excluding hydrogens is 550 g/mol. The Balaban J connectivity index is 0.00000178. The van der Waals surface area contributed by atoms with Crippen molar-refractivity contribution in [3.8, 4) is 5.75 Å². The van der Waals surface area contributed by atoms with Gasteiger partial charge in [0.05, 0.1) is 12.2 Å². The standard InChI is InChI=1S/C28H38ClN3O4S.C2H4O/c1-28(2,15-4-19-35-24-9-7-22(29)8-10-24)27(34)31-23-13-17-32(18-14-23)37-25-11-5-21(6-12-25)26(33)36-20-16-30-3;1-2-3/h5-12,23,30H,4,13-20H2,1-3H3,(H,31,34);2H,1H3. The van der Waals surface area contributed by atoms with Crippen molar-refractivity contribution in [3.05, 3.63) is 59.1 Å². The fourth-order valence-electron chi connectivity index (χ4n) is 3.95. The molecule has 0 atom stereocenters. The second-order valence-electron chi connectivity index (χ2n) is 10.1. The molecule has 0 bridgehead atoms. The molecule has 1 saturated heterocycles. The molecule has 0 radical (unpaired) electrons. The number of rotatable bonds is 13. The average molecular weight is 592 g/mol. The van der Waals surface area contributed by atoms with E-state index in [1.165, 1.54) is 6.92 Å². The van der Waals surface area contributed by atoms with Gasteiger partial charge in [-0.05, 0) is 100 Å². The first-order valence-corrected chi connectivity index (χ1v) is 14.8. The predicted octanol–water partition coefficient (Wildman–Crippen LogP) is 5.39. The van der Waals surface area contributed by atoms with Crippen molar-refractivity contribution in [2.75, 3.05) is 39.9 Å². The topological polar surface area (TPSA) is 97.0 Å². The average Bonchev–Trinajstić information content (AvgIpc) is 2.94. The summed E-state index contributed by atoms with van der Waals surface area (Å²) in [5, 5.41) is 6.90. The van der Waals surface area contributed by atoms with Gasteiger partial charge >= 0.3 is 5.97 Å². The molecule has 0 spiro atoms. The summed E-state index contributed by atoms with van der Waals surface area (Å²) in [4.78, 5) is 34.9. The summed E-state index contributed by atoms with van der Waals surface area (Å²) in [5.74, 6) is 0.581. The second-order valence-corrected chi connectivity index (χ2v) is 11.7. The maximum absolute atomic E-state index is 13.0. The van der Waals surface area contributed by atoms with Crippen LogP contribution in [0.15, 0.2) is 53.4 Å². The highest BCUT2D eigenvalue weighted by Gasteiger charge is 2.30. The van der Waals surface area contributed by atoms with Crippen LogP contribution in [0.2, 0.25) is 5.02 Å². The number of nitrogens with one attached hydrogen (secondary N) is 2. The lowest BCUT2D eigenvalue weighted by atomic mass is 9.86. The third-order valence-electron chi connectivity index (χ3n) is 6.34. The van der Waals surface area contributed by atoms with Crippen LogP contribution in [0, 0.1) is 5.41 Å². The van der Waals surface area contributed by atoms with E-state index in [-0.39, 0.29) is 17.9 Å². The van der Waals surface area contributed by atoms with Gasteiger partial charge in [-0.2, -0.15) is 0 Å². The molecule has 1 fully saturated rings. The van der Waals surface area contributed by atoms with E-state index >= 15 is 0 Å².